The summed E-state index contributed by atoms with van der Waals surface area (Å²) in [5, 5.41) is 8.83. The number of nitriles is 1. The monoisotopic (exact) mass is 181 g/mol. The van der Waals surface area contributed by atoms with Crippen molar-refractivity contribution >= 4 is 0 Å². The van der Waals surface area contributed by atoms with Gasteiger partial charge in [-0.2, -0.15) is 5.26 Å². The average molecular weight is 181 g/mol. The van der Waals surface area contributed by atoms with Crippen LogP contribution < -0.4 is 0 Å². The van der Waals surface area contributed by atoms with Crippen LogP contribution in [-0.4, -0.2) is 0 Å². The number of hydrogen-bond acceptors (Lipinski definition) is 1. The summed E-state index contributed by atoms with van der Waals surface area (Å²) in [6.07, 6.45) is 2.48. The van der Waals surface area contributed by atoms with Crippen molar-refractivity contribution in [2.24, 2.45) is 5.92 Å². The largest absolute Gasteiger partial charge is 0.192 e. The van der Waals surface area contributed by atoms with Gasteiger partial charge in [0.2, 0.25) is 0 Å². The van der Waals surface area contributed by atoms with Crippen LogP contribution in [-0.2, 0) is 0 Å². The smallest absolute Gasteiger partial charge is 0.0994 e. The molecule has 0 spiro atoms. The molecule has 0 aliphatic heterocycles. The van der Waals surface area contributed by atoms with Gasteiger partial charge in [0.15, 0.2) is 0 Å². The molecule has 0 aromatic heterocycles. The summed E-state index contributed by atoms with van der Waals surface area (Å²) in [6, 6.07) is 7.97. The van der Waals surface area contributed by atoms with Gasteiger partial charge in [-0.1, -0.05) is 17.9 Å². The van der Waals surface area contributed by atoms with Gasteiger partial charge in [0, 0.05) is 11.5 Å². The highest BCUT2D eigenvalue weighted by Gasteiger charge is 2.17. The fourth-order valence-corrected chi connectivity index (χ4v) is 1.23. The van der Waals surface area contributed by atoms with E-state index in [1.54, 1.807) is 0 Å². The highest BCUT2D eigenvalue weighted by molar-refractivity contribution is 5.46. The zero-order chi connectivity index (χ0) is 9.97. The Kier molecular flexibility index (Phi) is 2.25. The van der Waals surface area contributed by atoms with Crippen LogP contribution in [0.3, 0.4) is 0 Å². The van der Waals surface area contributed by atoms with Gasteiger partial charge in [0.1, 0.15) is 0 Å². The average Bonchev–Trinajstić information content (AvgIpc) is 3.00. The van der Waals surface area contributed by atoms with Gasteiger partial charge in [0.25, 0.3) is 0 Å². The topological polar surface area (TPSA) is 23.8 Å². The van der Waals surface area contributed by atoms with E-state index in [1.165, 1.54) is 12.8 Å². The summed E-state index contributed by atoms with van der Waals surface area (Å²) in [7, 11) is 0. The first-order valence-electron chi connectivity index (χ1n) is 4.82. The van der Waals surface area contributed by atoms with Crippen LogP contribution in [0.25, 0.3) is 0 Å². The molecule has 1 aromatic carbocycles. The van der Waals surface area contributed by atoms with Crippen molar-refractivity contribution in [2.45, 2.75) is 19.8 Å². The Morgan fingerprint density at radius 1 is 1.36 bits per heavy atom. The molecule has 0 saturated heterocycles. The molecule has 0 atom stereocenters. The summed E-state index contributed by atoms with van der Waals surface area (Å²) < 4.78 is 0. The van der Waals surface area contributed by atoms with Crippen molar-refractivity contribution in [3.8, 4) is 17.9 Å². The van der Waals surface area contributed by atoms with Crippen LogP contribution in [0.1, 0.15) is 29.5 Å². The fourth-order valence-electron chi connectivity index (χ4n) is 1.23. The minimum atomic E-state index is 0.613. The van der Waals surface area contributed by atoms with Gasteiger partial charge < -0.3 is 0 Å². The zero-order valence-electron chi connectivity index (χ0n) is 8.17. The lowest BCUT2D eigenvalue weighted by atomic mass is 10.1. The second-order valence-electron chi connectivity index (χ2n) is 3.69. The Labute approximate surface area is 84.4 Å². The predicted octanol–water partition coefficient (Wildman–Crippen LogP) is 2.63. The van der Waals surface area contributed by atoms with Crippen molar-refractivity contribution in [3.63, 3.8) is 0 Å². The van der Waals surface area contributed by atoms with Gasteiger partial charge in [-0.05, 0) is 37.5 Å². The highest BCUT2D eigenvalue weighted by atomic mass is 14.2. The number of aryl methyl sites for hydroxylation is 1. The Morgan fingerprint density at radius 2 is 2.14 bits per heavy atom. The lowest BCUT2D eigenvalue weighted by Crippen LogP contribution is -1.83. The molecule has 1 saturated carbocycles. The van der Waals surface area contributed by atoms with Gasteiger partial charge in [-0.3, -0.25) is 0 Å². The van der Waals surface area contributed by atoms with Crippen molar-refractivity contribution in [1.29, 1.82) is 5.26 Å². The maximum atomic E-state index is 8.83. The third kappa shape index (κ3) is 1.95. The first-order chi connectivity index (χ1) is 6.79. The summed E-state index contributed by atoms with van der Waals surface area (Å²) in [4.78, 5) is 0. The van der Waals surface area contributed by atoms with E-state index in [2.05, 4.69) is 17.9 Å². The van der Waals surface area contributed by atoms with Crippen LogP contribution in [0.4, 0.5) is 0 Å². The second-order valence-corrected chi connectivity index (χ2v) is 3.69. The standard InChI is InChI=1S/C13H11N/c1-10-2-3-12(8-13(10)9-14)7-6-11-4-5-11/h2-3,8,11H,4-5H2,1H3. The first-order valence-corrected chi connectivity index (χ1v) is 4.82. The molecule has 0 N–H and O–H groups in total. The van der Waals surface area contributed by atoms with Crippen molar-refractivity contribution in [2.75, 3.05) is 0 Å². The van der Waals surface area contributed by atoms with E-state index in [1.807, 2.05) is 25.1 Å². The number of nitrogens with zero attached hydrogens (tertiary/aromatic N) is 1. The quantitative estimate of drug-likeness (QED) is 0.564. The molecule has 0 bridgehead atoms. The van der Waals surface area contributed by atoms with Gasteiger partial charge >= 0.3 is 0 Å². The van der Waals surface area contributed by atoms with E-state index in [9.17, 15) is 0 Å². The summed E-state index contributed by atoms with van der Waals surface area (Å²) in [6.45, 7) is 1.94. The summed E-state index contributed by atoms with van der Waals surface area (Å²) >= 11 is 0. The maximum Gasteiger partial charge on any atom is 0.0994 e. The maximum absolute atomic E-state index is 8.83. The van der Waals surface area contributed by atoms with E-state index in [0.29, 0.717) is 5.92 Å². The van der Waals surface area contributed by atoms with E-state index in [-0.39, 0.29) is 0 Å². The number of hydrogen-bond donors (Lipinski definition) is 0. The summed E-state index contributed by atoms with van der Waals surface area (Å²) in [5.41, 5.74) is 2.70. The highest BCUT2D eigenvalue weighted by Crippen LogP contribution is 2.27. The van der Waals surface area contributed by atoms with Gasteiger partial charge in [0.05, 0.1) is 11.6 Å². The zero-order valence-corrected chi connectivity index (χ0v) is 8.17. The third-order valence-electron chi connectivity index (χ3n) is 2.36. The van der Waals surface area contributed by atoms with E-state index in [4.69, 9.17) is 5.26 Å². The molecule has 14 heavy (non-hydrogen) atoms. The molecule has 0 radical (unpaired) electrons. The van der Waals surface area contributed by atoms with Gasteiger partial charge in [-0.15, -0.1) is 0 Å². The number of benzene rings is 1. The Bertz CT molecular complexity index is 450. The van der Waals surface area contributed by atoms with Crippen LogP contribution >= 0.6 is 0 Å². The molecule has 1 aromatic rings. The second kappa shape index (κ2) is 3.56. The molecule has 0 amide bonds. The third-order valence-corrected chi connectivity index (χ3v) is 2.36. The molecule has 1 heteroatoms. The van der Waals surface area contributed by atoms with E-state index >= 15 is 0 Å². The predicted molar refractivity (Wildman–Crippen MR) is 55.5 cm³/mol. The molecule has 1 fully saturated rings. The molecule has 68 valence electrons. The van der Waals surface area contributed by atoms with Crippen LogP contribution in [0.2, 0.25) is 0 Å². The minimum Gasteiger partial charge on any atom is -0.192 e. The molecule has 1 nitrogen and oxygen atoms in total. The van der Waals surface area contributed by atoms with Crippen molar-refractivity contribution < 1.29 is 0 Å². The normalized spacial score (nSPS) is 14.0. The molecule has 1 aliphatic rings. The van der Waals surface area contributed by atoms with Crippen molar-refractivity contribution in [1.82, 2.24) is 0 Å². The Balaban J connectivity index is 2.28. The molecule has 0 heterocycles. The van der Waals surface area contributed by atoms with Crippen LogP contribution in [0, 0.1) is 36.0 Å². The lowest BCUT2D eigenvalue weighted by Gasteiger charge is -1.96. The molecular formula is C13H11N. The van der Waals surface area contributed by atoms with Crippen LogP contribution in [0.5, 0.6) is 0 Å². The van der Waals surface area contributed by atoms with E-state index in [0.717, 1.165) is 16.7 Å². The minimum absolute atomic E-state index is 0.613. The Hall–Kier alpha value is -1.73. The fraction of sp³-hybridized carbons (Fsp3) is 0.308. The summed E-state index contributed by atoms with van der Waals surface area (Å²) in [5.74, 6) is 6.90. The first kappa shape index (κ1) is 8.85. The number of rotatable bonds is 0. The molecule has 0 unspecified atom stereocenters. The molecule has 1 aliphatic carbocycles. The van der Waals surface area contributed by atoms with Crippen molar-refractivity contribution in [3.05, 3.63) is 34.9 Å². The Morgan fingerprint density at radius 3 is 2.79 bits per heavy atom. The molecular weight excluding hydrogens is 170 g/mol. The lowest BCUT2D eigenvalue weighted by molar-refractivity contribution is 1.18. The molecule has 2 rings (SSSR count). The van der Waals surface area contributed by atoms with E-state index < -0.39 is 0 Å². The van der Waals surface area contributed by atoms with Gasteiger partial charge in [-0.25, -0.2) is 0 Å². The SMILES string of the molecule is Cc1ccc(C#CC2CC2)cc1C#N. The van der Waals surface area contributed by atoms with Crippen LogP contribution in [0.15, 0.2) is 18.2 Å².